The number of likely N-dealkylation sites (tertiary alicyclic amines) is 1. The molecule has 3 rings (SSSR count). The first-order valence-electron chi connectivity index (χ1n) is 10.7. The van der Waals surface area contributed by atoms with Crippen LogP contribution in [-0.2, 0) is 13.1 Å². The summed E-state index contributed by atoms with van der Waals surface area (Å²) in [5, 5.41) is 6.63. The van der Waals surface area contributed by atoms with Crippen LogP contribution < -0.4 is 15.4 Å². The summed E-state index contributed by atoms with van der Waals surface area (Å²) in [6, 6.07) is 15.8. The summed E-state index contributed by atoms with van der Waals surface area (Å²) >= 11 is 0. The summed E-state index contributed by atoms with van der Waals surface area (Å²) in [4.78, 5) is 19.2. The summed E-state index contributed by atoms with van der Waals surface area (Å²) in [7, 11) is 1.67. The van der Waals surface area contributed by atoms with Gasteiger partial charge in [-0.3, -0.25) is 4.79 Å². The molecule has 0 aromatic heterocycles. The number of amides is 1. The summed E-state index contributed by atoms with van der Waals surface area (Å²) < 4.78 is 5.27. The minimum Gasteiger partial charge on any atom is -0.497 e. The number of rotatable bonds is 7. The Morgan fingerprint density at radius 3 is 2.50 bits per heavy atom. The zero-order valence-corrected chi connectivity index (χ0v) is 18.0. The fraction of sp³-hybridized carbons (Fsp3) is 0.417. The lowest BCUT2D eigenvalue weighted by Gasteiger charge is -2.26. The van der Waals surface area contributed by atoms with Gasteiger partial charge in [-0.1, -0.05) is 24.3 Å². The van der Waals surface area contributed by atoms with Gasteiger partial charge in [0.15, 0.2) is 5.96 Å². The molecule has 1 aliphatic heterocycles. The molecule has 1 heterocycles. The smallest absolute Gasteiger partial charge is 0.253 e. The maximum Gasteiger partial charge on any atom is 0.253 e. The molecule has 2 aromatic carbocycles. The fourth-order valence-electron chi connectivity index (χ4n) is 3.51. The van der Waals surface area contributed by atoms with Crippen LogP contribution in [0.2, 0.25) is 0 Å². The van der Waals surface area contributed by atoms with E-state index in [9.17, 15) is 4.79 Å². The molecule has 6 heteroatoms. The quantitative estimate of drug-likeness (QED) is 0.543. The molecular formula is C24H32N4O2. The van der Waals surface area contributed by atoms with Gasteiger partial charge in [0.1, 0.15) is 5.75 Å². The van der Waals surface area contributed by atoms with Gasteiger partial charge < -0.3 is 20.3 Å². The monoisotopic (exact) mass is 408 g/mol. The van der Waals surface area contributed by atoms with Crippen molar-refractivity contribution in [3.8, 4) is 5.75 Å². The van der Waals surface area contributed by atoms with Crippen LogP contribution in [0.4, 0.5) is 0 Å². The maximum atomic E-state index is 12.6. The van der Waals surface area contributed by atoms with E-state index in [0.717, 1.165) is 60.9 Å². The van der Waals surface area contributed by atoms with E-state index >= 15 is 0 Å². The second kappa shape index (κ2) is 11.2. The van der Waals surface area contributed by atoms with Gasteiger partial charge >= 0.3 is 0 Å². The van der Waals surface area contributed by atoms with Crippen molar-refractivity contribution in [2.24, 2.45) is 4.99 Å². The Morgan fingerprint density at radius 2 is 1.80 bits per heavy atom. The van der Waals surface area contributed by atoms with Crippen molar-refractivity contribution in [2.45, 2.75) is 39.3 Å². The number of nitrogens with zero attached hydrogens (tertiary/aromatic N) is 2. The predicted octanol–water partition coefficient (Wildman–Crippen LogP) is 3.58. The normalized spacial score (nSPS) is 14.3. The molecule has 6 nitrogen and oxygen atoms in total. The largest absolute Gasteiger partial charge is 0.497 e. The van der Waals surface area contributed by atoms with Gasteiger partial charge in [-0.25, -0.2) is 4.99 Å². The van der Waals surface area contributed by atoms with E-state index in [1.165, 1.54) is 6.42 Å². The molecule has 0 atom stereocenters. The number of aliphatic imine (C=N–C) groups is 1. The first-order valence-corrected chi connectivity index (χ1v) is 10.7. The van der Waals surface area contributed by atoms with Crippen LogP contribution in [0, 0.1) is 0 Å². The molecule has 0 unspecified atom stereocenters. The Hall–Kier alpha value is -3.02. The summed E-state index contributed by atoms with van der Waals surface area (Å²) in [5.41, 5.74) is 2.96. The summed E-state index contributed by atoms with van der Waals surface area (Å²) in [6.45, 7) is 5.78. The SMILES string of the molecule is CCNC(=NCc1cccc(OC)c1)NCc1ccc(C(=O)N2CCCCC2)cc1. The third kappa shape index (κ3) is 6.24. The van der Waals surface area contributed by atoms with Crippen LogP contribution in [0.3, 0.4) is 0 Å². The van der Waals surface area contributed by atoms with Gasteiger partial charge in [-0.2, -0.15) is 0 Å². The van der Waals surface area contributed by atoms with Crippen molar-refractivity contribution >= 4 is 11.9 Å². The van der Waals surface area contributed by atoms with Gasteiger partial charge in [0.25, 0.3) is 5.91 Å². The van der Waals surface area contributed by atoms with E-state index in [1.807, 2.05) is 60.4 Å². The van der Waals surface area contributed by atoms with Gasteiger partial charge in [0.05, 0.1) is 13.7 Å². The molecule has 0 aliphatic carbocycles. The Balaban J connectivity index is 1.56. The molecule has 0 bridgehead atoms. The van der Waals surface area contributed by atoms with E-state index < -0.39 is 0 Å². The number of carbonyl (C=O) groups excluding carboxylic acids is 1. The molecule has 0 spiro atoms. The standard InChI is InChI=1S/C24H32N4O2/c1-3-25-24(27-18-20-8-7-9-22(16-20)30-2)26-17-19-10-12-21(13-11-19)23(29)28-14-5-4-6-15-28/h7-13,16H,3-6,14-15,17-18H2,1-2H3,(H2,25,26,27). The molecule has 1 amide bonds. The van der Waals surface area contributed by atoms with Crippen LogP contribution in [0.1, 0.15) is 47.7 Å². The molecule has 30 heavy (non-hydrogen) atoms. The number of piperidine rings is 1. The first-order chi connectivity index (χ1) is 14.7. The Labute approximate surface area is 179 Å². The second-order valence-corrected chi connectivity index (χ2v) is 7.45. The van der Waals surface area contributed by atoms with Crippen molar-refractivity contribution in [2.75, 3.05) is 26.7 Å². The van der Waals surface area contributed by atoms with Gasteiger partial charge in [-0.15, -0.1) is 0 Å². The van der Waals surface area contributed by atoms with Crippen LogP contribution >= 0.6 is 0 Å². The summed E-state index contributed by atoms with van der Waals surface area (Å²) in [5.74, 6) is 1.73. The highest BCUT2D eigenvalue weighted by Gasteiger charge is 2.17. The Morgan fingerprint density at radius 1 is 1.03 bits per heavy atom. The minimum atomic E-state index is 0.141. The molecular weight excluding hydrogens is 376 g/mol. The highest BCUT2D eigenvalue weighted by molar-refractivity contribution is 5.94. The van der Waals surface area contributed by atoms with Gasteiger partial charge in [0.2, 0.25) is 0 Å². The number of guanidine groups is 1. The second-order valence-electron chi connectivity index (χ2n) is 7.45. The number of methoxy groups -OCH3 is 1. The van der Waals surface area contributed by atoms with Gasteiger partial charge in [0, 0.05) is 31.7 Å². The zero-order chi connectivity index (χ0) is 21.2. The number of ether oxygens (including phenoxy) is 1. The average molecular weight is 409 g/mol. The maximum absolute atomic E-state index is 12.6. The van der Waals surface area contributed by atoms with Crippen LogP contribution in [0.25, 0.3) is 0 Å². The number of benzene rings is 2. The van der Waals surface area contributed by atoms with E-state index in [1.54, 1.807) is 7.11 Å². The minimum absolute atomic E-state index is 0.141. The van der Waals surface area contributed by atoms with Crippen LogP contribution in [-0.4, -0.2) is 43.5 Å². The first kappa shape index (κ1) is 21.7. The lowest BCUT2D eigenvalue weighted by Crippen LogP contribution is -2.37. The van der Waals surface area contributed by atoms with Crippen LogP contribution in [0.15, 0.2) is 53.5 Å². The van der Waals surface area contributed by atoms with Crippen molar-refractivity contribution < 1.29 is 9.53 Å². The third-order valence-corrected chi connectivity index (χ3v) is 5.20. The van der Waals surface area contributed by atoms with Crippen molar-refractivity contribution in [1.82, 2.24) is 15.5 Å². The lowest BCUT2D eigenvalue weighted by atomic mass is 10.1. The van der Waals surface area contributed by atoms with Gasteiger partial charge in [-0.05, 0) is 61.6 Å². The van der Waals surface area contributed by atoms with Crippen molar-refractivity contribution in [3.63, 3.8) is 0 Å². The zero-order valence-electron chi connectivity index (χ0n) is 18.0. The lowest BCUT2D eigenvalue weighted by molar-refractivity contribution is 0.0724. The Bertz CT molecular complexity index is 843. The topological polar surface area (TPSA) is 66.0 Å². The Kier molecular flexibility index (Phi) is 8.12. The van der Waals surface area contributed by atoms with E-state index in [4.69, 9.17) is 4.74 Å². The fourth-order valence-corrected chi connectivity index (χ4v) is 3.51. The van der Waals surface area contributed by atoms with Crippen LogP contribution in [0.5, 0.6) is 5.75 Å². The molecule has 1 saturated heterocycles. The molecule has 0 radical (unpaired) electrons. The number of hydrogen-bond acceptors (Lipinski definition) is 3. The summed E-state index contributed by atoms with van der Waals surface area (Å²) in [6.07, 6.45) is 3.44. The predicted molar refractivity (Wildman–Crippen MR) is 121 cm³/mol. The highest BCUT2D eigenvalue weighted by atomic mass is 16.5. The van der Waals surface area contributed by atoms with E-state index in [2.05, 4.69) is 15.6 Å². The molecule has 2 aromatic rings. The molecule has 1 aliphatic rings. The molecule has 160 valence electrons. The molecule has 2 N–H and O–H groups in total. The number of nitrogens with one attached hydrogen (secondary N) is 2. The number of hydrogen-bond donors (Lipinski definition) is 2. The van der Waals surface area contributed by atoms with Crippen molar-refractivity contribution in [1.29, 1.82) is 0 Å². The van der Waals surface area contributed by atoms with E-state index in [0.29, 0.717) is 13.1 Å². The third-order valence-electron chi connectivity index (χ3n) is 5.20. The number of carbonyl (C=O) groups is 1. The average Bonchev–Trinajstić information content (AvgIpc) is 2.81. The van der Waals surface area contributed by atoms with E-state index in [-0.39, 0.29) is 5.91 Å². The highest BCUT2D eigenvalue weighted by Crippen LogP contribution is 2.14. The van der Waals surface area contributed by atoms with Crippen molar-refractivity contribution in [3.05, 3.63) is 65.2 Å². The molecule has 0 saturated carbocycles. The molecule has 1 fully saturated rings.